The van der Waals surface area contributed by atoms with E-state index >= 15 is 0 Å². The number of nitrogens with zero attached hydrogens (tertiary/aromatic N) is 1. The summed E-state index contributed by atoms with van der Waals surface area (Å²) in [7, 11) is 0. The summed E-state index contributed by atoms with van der Waals surface area (Å²) >= 11 is 6.17. The predicted molar refractivity (Wildman–Crippen MR) is 100 cm³/mol. The van der Waals surface area contributed by atoms with E-state index < -0.39 is 5.91 Å². The summed E-state index contributed by atoms with van der Waals surface area (Å²) in [4.78, 5) is 26.2. The highest BCUT2D eigenvalue weighted by atomic mass is 35.5. The van der Waals surface area contributed by atoms with E-state index in [2.05, 4.69) is 20.8 Å². The molecule has 4 nitrogen and oxygen atoms in total. The maximum absolute atomic E-state index is 12.6. The van der Waals surface area contributed by atoms with E-state index in [-0.39, 0.29) is 16.5 Å². The number of ether oxygens (including phenoxy) is 1. The number of amides is 2. The monoisotopic (exact) mass is 363 g/mol. The molecule has 0 N–H and O–H groups in total. The van der Waals surface area contributed by atoms with Crippen molar-refractivity contribution in [2.45, 2.75) is 46.5 Å². The Morgan fingerprint density at radius 2 is 1.72 bits per heavy atom. The van der Waals surface area contributed by atoms with Gasteiger partial charge < -0.3 is 4.74 Å². The van der Waals surface area contributed by atoms with E-state index in [9.17, 15) is 9.59 Å². The number of unbranched alkanes of at least 4 members (excludes halogenated alkanes) is 3. The Kier molecular flexibility index (Phi) is 7.06. The number of carbonyl (C=O) groups is 2. The average Bonchev–Trinajstić information content (AvgIpc) is 2.80. The highest BCUT2D eigenvalue weighted by Crippen LogP contribution is 2.32. The van der Waals surface area contributed by atoms with Gasteiger partial charge in [0.1, 0.15) is 10.8 Å². The van der Waals surface area contributed by atoms with E-state index in [0.29, 0.717) is 24.6 Å². The lowest BCUT2D eigenvalue weighted by molar-refractivity contribution is -0.136. The molecule has 0 bridgehead atoms. The molecule has 0 saturated heterocycles. The molecule has 2 rings (SSSR count). The largest absolute Gasteiger partial charge is 0.493 e. The van der Waals surface area contributed by atoms with Crippen molar-refractivity contribution in [3.8, 4) is 5.75 Å². The first-order valence-electron chi connectivity index (χ1n) is 8.94. The molecule has 1 aromatic carbocycles. The molecule has 5 heteroatoms. The van der Waals surface area contributed by atoms with Gasteiger partial charge in [0.2, 0.25) is 0 Å². The molecule has 0 aromatic heterocycles. The van der Waals surface area contributed by atoms with E-state index in [0.717, 1.165) is 31.4 Å². The third kappa shape index (κ3) is 4.85. The van der Waals surface area contributed by atoms with E-state index in [1.807, 2.05) is 0 Å². The second-order valence-electron chi connectivity index (χ2n) is 6.74. The topological polar surface area (TPSA) is 46.6 Å². The normalized spacial score (nSPS) is 14.8. The van der Waals surface area contributed by atoms with E-state index in [1.165, 1.54) is 4.90 Å². The fraction of sp³-hybridized carbons (Fsp3) is 0.500. The summed E-state index contributed by atoms with van der Waals surface area (Å²) < 4.78 is 5.65. The van der Waals surface area contributed by atoms with Crippen molar-refractivity contribution in [1.82, 2.24) is 4.90 Å². The zero-order valence-corrected chi connectivity index (χ0v) is 15.9. The van der Waals surface area contributed by atoms with Crippen molar-refractivity contribution < 1.29 is 14.3 Å². The number of halogens is 1. The van der Waals surface area contributed by atoms with Crippen LogP contribution in [0.5, 0.6) is 5.75 Å². The Hall–Kier alpha value is -1.81. The van der Waals surface area contributed by atoms with Crippen LogP contribution in [0.4, 0.5) is 0 Å². The van der Waals surface area contributed by atoms with Crippen LogP contribution in [0.25, 0.3) is 5.57 Å². The molecule has 0 fully saturated rings. The number of carbonyl (C=O) groups excluding carboxylic acids is 2. The second-order valence-corrected chi connectivity index (χ2v) is 7.12. The lowest BCUT2D eigenvalue weighted by atomic mass is 10.1. The minimum atomic E-state index is -0.390. The predicted octanol–water partition coefficient (Wildman–Crippen LogP) is 4.62. The summed E-state index contributed by atoms with van der Waals surface area (Å²) in [5.74, 6) is 0.482. The van der Waals surface area contributed by atoms with Crippen LogP contribution in [0, 0.1) is 5.92 Å². The van der Waals surface area contributed by atoms with Gasteiger partial charge in [0, 0.05) is 6.54 Å². The number of rotatable bonds is 9. The maximum atomic E-state index is 12.6. The van der Waals surface area contributed by atoms with Gasteiger partial charge in [0.05, 0.1) is 12.2 Å². The molecule has 25 heavy (non-hydrogen) atoms. The number of imide groups is 1. The molecular formula is C20H26ClNO3. The van der Waals surface area contributed by atoms with Gasteiger partial charge in [-0.3, -0.25) is 14.5 Å². The summed E-state index contributed by atoms with van der Waals surface area (Å²) in [6, 6.07) is 7.16. The fourth-order valence-corrected chi connectivity index (χ4v) is 2.97. The van der Waals surface area contributed by atoms with Crippen molar-refractivity contribution in [1.29, 1.82) is 0 Å². The van der Waals surface area contributed by atoms with Gasteiger partial charge in [-0.05, 0) is 30.0 Å². The SMILES string of the molecule is CCCCCCN1C(=O)C(Cl)=C(c2ccc(OCC(C)C)cc2)C1=O. The quantitative estimate of drug-likeness (QED) is 0.475. The van der Waals surface area contributed by atoms with E-state index in [4.69, 9.17) is 16.3 Å². The van der Waals surface area contributed by atoms with Gasteiger partial charge >= 0.3 is 0 Å². The van der Waals surface area contributed by atoms with Crippen LogP contribution in [-0.2, 0) is 9.59 Å². The Morgan fingerprint density at radius 3 is 2.32 bits per heavy atom. The van der Waals surface area contributed by atoms with Crippen molar-refractivity contribution in [2.75, 3.05) is 13.2 Å². The van der Waals surface area contributed by atoms with Gasteiger partial charge in [-0.15, -0.1) is 0 Å². The summed E-state index contributed by atoms with van der Waals surface area (Å²) in [5, 5.41) is 0.0105. The smallest absolute Gasteiger partial charge is 0.273 e. The number of benzene rings is 1. The van der Waals surface area contributed by atoms with Crippen LogP contribution in [0.1, 0.15) is 52.0 Å². The van der Waals surface area contributed by atoms with Gasteiger partial charge in [0.25, 0.3) is 11.8 Å². The Balaban J connectivity index is 2.07. The zero-order valence-electron chi connectivity index (χ0n) is 15.2. The molecule has 2 amide bonds. The van der Waals surface area contributed by atoms with Crippen molar-refractivity contribution >= 4 is 29.0 Å². The summed E-state index contributed by atoms with van der Waals surface area (Å²) in [6.07, 6.45) is 4.02. The Bertz CT molecular complexity index is 649. The molecule has 1 aromatic rings. The van der Waals surface area contributed by atoms with Gasteiger partial charge in [-0.25, -0.2) is 0 Å². The molecule has 1 aliphatic heterocycles. The first-order chi connectivity index (χ1) is 12.0. The molecule has 0 spiro atoms. The molecule has 0 atom stereocenters. The van der Waals surface area contributed by atoms with Crippen LogP contribution < -0.4 is 4.74 Å². The molecule has 0 saturated carbocycles. The van der Waals surface area contributed by atoms with Crippen LogP contribution in [-0.4, -0.2) is 29.9 Å². The molecule has 1 heterocycles. The van der Waals surface area contributed by atoms with Gasteiger partial charge in [-0.1, -0.05) is 63.8 Å². The summed E-state index contributed by atoms with van der Waals surface area (Å²) in [6.45, 7) is 7.34. The van der Waals surface area contributed by atoms with Crippen molar-refractivity contribution in [3.63, 3.8) is 0 Å². The van der Waals surface area contributed by atoms with E-state index in [1.54, 1.807) is 24.3 Å². The minimum Gasteiger partial charge on any atom is -0.493 e. The lowest BCUT2D eigenvalue weighted by Gasteiger charge is -2.14. The first kappa shape index (κ1) is 19.5. The highest BCUT2D eigenvalue weighted by Gasteiger charge is 2.37. The molecule has 0 aliphatic carbocycles. The fourth-order valence-electron chi connectivity index (χ4n) is 2.68. The number of hydrogen-bond donors (Lipinski definition) is 0. The zero-order chi connectivity index (χ0) is 18.4. The molecule has 1 aliphatic rings. The third-order valence-corrected chi connectivity index (χ3v) is 4.42. The Labute approximate surface area is 154 Å². The maximum Gasteiger partial charge on any atom is 0.273 e. The third-order valence-electron chi connectivity index (χ3n) is 4.07. The van der Waals surface area contributed by atoms with Crippen LogP contribution in [0.2, 0.25) is 0 Å². The standard InChI is InChI=1S/C20H26ClNO3/c1-4-5-6-7-12-22-19(23)17(18(21)20(22)24)15-8-10-16(11-9-15)25-13-14(2)3/h8-11,14H,4-7,12-13H2,1-3H3. The molecule has 0 unspecified atom stereocenters. The van der Waals surface area contributed by atoms with Crippen LogP contribution in [0.15, 0.2) is 29.3 Å². The lowest BCUT2D eigenvalue weighted by Crippen LogP contribution is -2.32. The molecular weight excluding hydrogens is 338 g/mol. The molecule has 0 radical (unpaired) electrons. The van der Waals surface area contributed by atoms with Gasteiger partial charge in [0.15, 0.2) is 0 Å². The number of hydrogen-bond acceptors (Lipinski definition) is 3. The Morgan fingerprint density at radius 1 is 1.04 bits per heavy atom. The average molecular weight is 364 g/mol. The second kappa shape index (κ2) is 9.04. The van der Waals surface area contributed by atoms with Crippen molar-refractivity contribution in [2.24, 2.45) is 5.92 Å². The van der Waals surface area contributed by atoms with Gasteiger partial charge in [-0.2, -0.15) is 0 Å². The minimum absolute atomic E-state index is 0.0105. The van der Waals surface area contributed by atoms with Crippen molar-refractivity contribution in [3.05, 3.63) is 34.9 Å². The molecule has 136 valence electrons. The van der Waals surface area contributed by atoms with Crippen LogP contribution >= 0.6 is 11.6 Å². The van der Waals surface area contributed by atoms with Crippen LogP contribution in [0.3, 0.4) is 0 Å². The first-order valence-corrected chi connectivity index (χ1v) is 9.32. The highest BCUT2D eigenvalue weighted by molar-refractivity contribution is 6.55. The summed E-state index contributed by atoms with van der Waals surface area (Å²) in [5.41, 5.74) is 0.939.